The van der Waals surface area contributed by atoms with Gasteiger partial charge in [-0.2, -0.15) is 0 Å². The molecule has 0 aromatic carbocycles. The van der Waals surface area contributed by atoms with Gasteiger partial charge in [0.05, 0.1) is 5.39 Å². The first-order chi connectivity index (χ1) is 10.5. The lowest BCUT2D eigenvalue weighted by Gasteiger charge is -2.13. The van der Waals surface area contributed by atoms with Gasteiger partial charge in [-0.25, -0.2) is 9.66 Å². The summed E-state index contributed by atoms with van der Waals surface area (Å²) in [6, 6.07) is 0. The van der Waals surface area contributed by atoms with Gasteiger partial charge < -0.3 is 0 Å². The van der Waals surface area contributed by atoms with Crippen LogP contribution in [0.2, 0.25) is 0 Å². The molecule has 2 aromatic heterocycles. The number of rotatable bonds is 3. The maximum absolute atomic E-state index is 12.8. The van der Waals surface area contributed by atoms with Crippen molar-refractivity contribution in [3.05, 3.63) is 26.6 Å². The molecule has 0 saturated carbocycles. The van der Waals surface area contributed by atoms with Crippen LogP contribution in [0, 0.1) is 12.8 Å². The number of fused-ring (bicyclic) bond motifs is 3. The molecular weight excluding hydrogens is 298 g/mol. The molecular formula is C16H21N3O2S. The third kappa shape index (κ3) is 2.67. The fourth-order valence-electron chi connectivity index (χ4n) is 2.98. The summed E-state index contributed by atoms with van der Waals surface area (Å²) in [6.07, 6.45) is 4.67. The van der Waals surface area contributed by atoms with Crippen LogP contribution in [-0.4, -0.2) is 15.6 Å². The molecule has 0 fully saturated rings. The van der Waals surface area contributed by atoms with Crippen molar-refractivity contribution in [3.8, 4) is 0 Å². The van der Waals surface area contributed by atoms with Gasteiger partial charge in [-0.3, -0.25) is 15.0 Å². The summed E-state index contributed by atoms with van der Waals surface area (Å²) < 4.78 is 1.31. The molecule has 0 spiro atoms. The molecule has 1 aliphatic carbocycles. The first-order valence-electron chi connectivity index (χ1n) is 7.81. The Bertz CT molecular complexity index is 789. The molecule has 1 N–H and O–H groups in total. The average molecular weight is 319 g/mol. The van der Waals surface area contributed by atoms with Crippen molar-refractivity contribution in [2.75, 3.05) is 5.43 Å². The SMILES string of the molecule is Cc1nc2sc3c(c2c(=O)n1NC(=O)CC(C)C)CCCC3. The molecule has 3 rings (SSSR count). The summed E-state index contributed by atoms with van der Waals surface area (Å²) in [6.45, 7) is 5.72. The second kappa shape index (κ2) is 5.83. The number of amides is 1. The summed E-state index contributed by atoms with van der Waals surface area (Å²) in [5, 5.41) is 0.704. The van der Waals surface area contributed by atoms with E-state index in [1.165, 1.54) is 16.0 Å². The van der Waals surface area contributed by atoms with E-state index < -0.39 is 0 Å². The maximum atomic E-state index is 12.8. The molecule has 22 heavy (non-hydrogen) atoms. The van der Waals surface area contributed by atoms with Crippen molar-refractivity contribution in [1.82, 2.24) is 9.66 Å². The van der Waals surface area contributed by atoms with E-state index in [9.17, 15) is 9.59 Å². The number of nitrogens with zero attached hydrogens (tertiary/aromatic N) is 2. The molecule has 0 unspecified atom stereocenters. The van der Waals surface area contributed by atoms with Crippen molar-refractivity contribution in [1.29, 1.82) is 0 Å². The number of thiophene rings is 1. The molecule has 0 aliphatic heterocycles. The molecule has 0 saturated heterocycles. The zero-order chi connectivity index (χ0) is 15.9. The topological polar surface area (TPSA) is 64.0 Å². The Morgan fingerprint density at radius 2 is 2.09 bits per heavy atom. The van der Waals surface area contributed by atoms with Crippen LogP contribution < -0.4 is 11.0 Å². The number of carbonyl (C=O) groups excluding carboxylic acids is 1. The predicted molar refractivity (Wildman–Crippen MR) is 89.1 cm³/mol. The van der Waals surface area contributed by atoms with Crippen molar-refractivity contribution in [2.45, 2.75) is 52.9 Å². The molecule has 2 aromatic rings. The third-order valence-electron chi connectivity index (χ3n) is 3.99. The Morgan fingerprint density at radius 3 is 2.82 bits per heavy atom. The fraction of sp³-hybridized carbons (Fsp3) is 0.562. The van der Waals surface area contributed by atoms with Gasteiger partial charge in [0.1, 0.15) is 10.7 Å². The summed E-state index contributed by atoms with van der Waals surface area (Å²) in [5.74, 6) is 0.639. The molecule has 118 valence electrons. The van der Waals surface area contributed by atoms with Crippen LogP contribution in [0.5, 0.6) is 0 Å². The lowest BCUT2D eigenvalue weighted by Crippen LogP contribution is -2.36. The van der Waals surface area contributed by atoms with Gasteiger partial charge in [0.25, 0.3) is 5.56 Å². The molecule has 0 atom stereocenters. The van der Waals surface area contributed by atoms with Gasteiger partial charge in [0, 0.05) is 11.3 Å². The number of carbonyl (C=O) groups is 1. The highest BCUT2D eigenvalue weighted by atomic mass is 32.1. The zero-order valence-corrected chi connectivity index (χ0v) is 14.0. The van der Waals surface area contributed by atoms with E-state index in [4.69, 9.17) is 0 Å². The summed E-state index contributed by atoms with van der Waals surface area (Å²) in [7, 11) is 0. The molecule has 1 aliphatic rings. The number of aromatic nitrogens is 2. The smallest absolute Gasteiger partial charge is 0.273 e. The van der Waals surface area contributed by atoms with E-state index in [-0.39, 0.29) is 17.4 Å². The molecule has 0 radical (unpaired) electrons. The van der Waals surface area contributed by atoms with Crippen LogP contribution in [0.3, 0.4) is 0 Å². The Labute approximate surface area is 133 Å². The van der Waals surface area contributed by atoms with E-state index in [1.807, 2.05) is 13.8 Å². The number of aryl methyl sites for hydroxylation is 3. The van der Waals surface area contributed by atoms with Crippen LogP contribution in [0.4, 0.5) is 0 Å². The second-order valence-electron chi connectivity index (χ2n) is 6.32. The summed E-state index contributed by atoms with van der Waals surface area (Å²) in [5.41, 5.74) is 3.71. The van der Waals surface area contributed by atoms with Gasteiger partial charge >= 0.3 is 0 Å². The second-order valence-corrected chi connectivity index (χ2v) is 7.41. The minimum atomic E-state index is -0.148. The van der Waals surface area contributed by atoms with E-state index in [2.05, 4.69) is 10.4 Å². The average Bonchev–Trinajstić information content (AvgIpc) is 2.80. The van der Waals surface area contributed by atoms with E-state index in [1.54, 1.807) is 18.3 Å². The van der Waals surface area contributed by atoms with E-state index >= 15 is 0 Å². The van der Waals surface area contributed by atoms with Crippen LogP contribution in [-0.2, 0) is 17.6 Å². The predicted octanol–water partition coefficient (Wildman–Crippen LogP) is 2.76. The van der Waals surface area contributed by atoms with Crippen molar-refractivity contribution in [3.63, 3.8) is 0 Å². The minimum absolute atomic E-state index is 0.140. The van der Waals surface area contributed by atoms with E-state index in [0.29, 0.717) is 17.6 Å². The largest absolute Gasteiger partial charge is 0.281 e. The van der Waals surface area contributed by atoms with Gasteiger partial charge in [0.2, 0.25) is 5.91 Å². The zero-order valence-electron chi connectivity index (χ0n) is 13.2. The molecule has 1 amide bonds. The highest BCUT2D eigenvalue weighted by Gasteiger charge is 2.21. The number of nitrogens with one attached hydrogen (secondary N) is 1. The monoisotopic (exact) mass is 319 g/mol. The van der Waals surface area contributed by atoms with Crippen molar-refractivity contribution < 1.29 is 4.79 Å². The lowest BCUT2D eigenvalue weighted by atomic mass is 9.97. The Balaban J connectivity index is 2.07. The van der Waals surface area contributed by atoms with Gasteiger partial charge in [-0.1, -0.05) is 13.8 Å². The summed E-state index contributed by atoms with van der Waals surface area (Å²) in [4.78, 5) is 31.5. The van der Waals surface area contributed by atoms with Crippen LogP contribution in [0.1, 0.15) is 49.4 Å². The minimum Gasteiger partial charge on any atom is -0.273 e. The summed E-state index contributed by atoms with van der Waals surface area (Å²) >= 11 is 1.63. The molecule has 5 nitrogen and oxygen atoms in total. The maximum Gasteiger partial charge on any atom is 0.281 e. The normalized spacial score (nSPS) is 14.4. The van der Waals surface area contributed by atoms with Gasteiger partial charge in [-0.05, 0) is 44.1 Å². The van der Waals surface area contributed by atoms with Crippen molar-refractivity contribution >= 4 is 27.5 Å². The van der Waals surface area contributed by atoms with Crippen LogP contribution in [0.25, 0.3) is 10.2 Å². The Hall–Kier alpha value is -1.69. The van der Waals surface area contributed by atoms with Gasteiger partial charge in [-0.15, -0.1) is 11.3 Å². The highest BCUT2D eigenvalue weighted by molar-refractivity contribution is 7.18. The number of hydrogen-bond donors (Lipinski definition) is 1. The first kappa shape index (κ1) is 15.2. The highest BCUT2D eigenvalue weighted by Crippen LogP contribution is 2.33. The quantitative estimate of drug-likeness (QED) is 0.946. The number of hydrogen-bond acceptors (Lipinski definition) is 4. The van der Waals surface area contributed by atoms with E-state index in [0.717, 1.165) is 29.7 Å². The van der Waals surface area contributed by atoms with Crippen molar-refractivity contribution in [2.24, 2.45) is 5.92 Å². The Morgan fingerprint density at radius 1 is 1.36 bits per heavy atom. The first-order valence-corrected chi connectivity index (χ1v) is 8.62. The fourth-order valence-corrected chi connectivity index (χ4v) is 4.28. The third-order valence-corrected chi connectivity index (χ3v) is 5.17. The van der Waals surface area contributed by atoms with Crippen LogP contribution in [0.15, 0.2) is 4.79 Å². The Kier molecular flexibility index (Phi) is 4.04. The standard InChI is InChI=1S/C16H21N3O2S/c1-9(2)8-13(20)18-19-10(3)17-15-14(16(19)21)11-6-4-5-7-12(11)22-15/h9H,4-8H2,1-3H3,(H,18,20). The molecule has 0 bridgehead atoms. The molecule has 2 heterocycles. The lowest BCUT2D eigenvalue weighted by molar-refractivity contribution is -0.117. The van der Waals surface area contributed by atoms with Gasteiger partial charge in [0.15, 0.2) is 0 Å². The molecule has 6 heteroatoms. The van der Waals surface area contributed by atoms with Crippen LogP contribution >= 0.6 is 11.3 Å².